The molecule has 2 aliphatic rings. The number of hydrogen-bond donors (Lipinski definition) is 0. The predicted molar refractivity (Wildman–Crippen MR) is 215 cm³/mol. The SMILES string of the molecule is CCN(CC)C(=O)C[C@H]1C[C@H](c2ccc(COC[C@@H](C)COC)cc2)[C@@H](OCc2ccc3c(c2)N(CCCOC)CCO3)CN1S(=O)(=O)c1ccc(C)cc1. The van der Waals surface area contributed by atoms with Crippen molar-refractivity contribution in [1.82, 2.24) is 9.21 Å². The molecule has 302 valence electrons. The highest BCUT2D eigenvalue weighted by Crippen LogP contribution is 2.39. The maximum Gasteiger partial charge on any atom is 0.243 e. The van der Waals surface area contributed by atoms with Gasteiger partial charge in [-0.3, -0.25) is 4.79 Å². The lowest BCUT2D eigenvalue weighted by molar-refractivity contribution is -0.132. The van der Waals surface area contributed by atoms with E-state index in [1.54, 1.807) is 31.3 Å². The second-order valence-corrected chi connectivity index (χ2v) is 16.7. The van der Waals surface area contributed by atoms with Gasteiger partial charge >= 0.3 is 0 Å². The number of anilines is 1. The molecular formula is C43H61N3O8S. The third-order valence-electron chi connectivity index (χ3n) is 10.6. The first-order valence-electron chi connectivity index (χ1n) is 19.7. The summed E-state index contributed by atoms with van der Waals surface area (Å²) >= 11 is 0. The van der Waals surface area contributed by atoms with Crippen molar-refractivity contribution in [3.8, 4) is 5.75 Å². The summed E-state index contributed by atoms with van der Waals surface area (Å²) in [5, 5.41) is 0. The Balaban J connectivity index is 1.45. The molecule has 0 aliphatic carbocycles. The standard InChI is InChI=1S/C43H61N3O8S/c1-7-44(8-2)43(47)26-37-25-39(36-15-12-34(13-16-36)30-52-29-33(4)28-51-6)42(27-46(37)55(48,49)38-17-10-32(3)11-18-38)54-31-35-14-19-41-40(24-35)45(21-23-53-41)20-9-22-50-5/h10-19,24,33,37,39,42H,7-9,20-23,25-31H2,1-6H3/t33-,37+,39+,42-/m0/s1. The van der Waals surface area contributed by atoms with Gasteiger partial charge in [0.05, 0.1) is 49.7 Å². The second-order valence-electron chi connectivity index (χ2n) is 14.8. The lowest BCUT2D eigenvalue weighted by Gasteiger charge is -2.43. The highest BCUT2D eigenvalue weighted by molar-refractivity contribution is 7.89. The van der Waals surface area contributed by atoms with E-state index in [2.05, 4.69) is 42.2 Å². The predicted octanol–water partition coefficient (Wildman–Crippen LogP) is 6.42. The summed E-state index contributed by atoms with van der Waals surface area (Å²) in [6.07, 6.45) is 0.938. The van der Waals surface area contributed by atoms with Crippen LogP contribution in [0.5, 0.6) is 5.75 Å². The minimum absolute atomic E-state index is 0.0567. The van der Waals surface area contributed by atoms with Crippen LogP contribution in [-0.4, -0.2) is 109 Å². The van der Waals surface area contributed by atoms with Crippen molar-refractivity contribution in [1.29, 1.82) is 0 Å². The molecule has 0 spiro atoms. The number of fused-ring (bicyclic) bond motifs is 1. The molecular weight excluding hydrogens is 719 g/mol. The lowest BCUT2D eigenvalue weighted by atomic mass is 9.82. The molecule has 0 radical (unpaired) electrons. The van der Waals surface area contributed by atoms with Crippen molar-refractivity contribution in [3.05, 3.63) is 89.0 Å². The molecule has 0 aromatic heterocycles. The van der Waals surface area contributed by atoms with Crippen molar-refractivity contribution >= 4 is 21.6 Å². The Labute approximate surface area is 328 Å². The van der Waals surface area contributed by atoms with Gasteiger partial charge in [-0.15, -0.1) is 0 Å². The van der Waals surface area contributed by atoms with Crippen molar-refractivity contribution < 1.29 is 36.9 Å². The molecule has 3 aromatic rings. The zero-order valence-electron chi connectivity index (χ0n) is 33.6. The number of methoxy groups -OCH3 is 2. The van der Waals surface area contributed by atoms with Crippen LogP contribution < -0.4 is 9.64 Å². The number of nitrogens with zero attached hydrogens (tertiary/aromatic N) is 3. The molecule has 3 aromatic carbocycles. The Kier molecular flexibility index (Phi) is 16.0. The number of benzene rings is 3. The van der Waals surface area contributed by atoms with Gasteiger partial charge in [-0.2, -0.15) is 4.31 Å². The van der Waals surface area contributed by atoms with Gasteiger partial charge in [0, 0.05) is 71.3 Å². The lowest BCUT2D eigenvalue weighted by Crippen LogP contribution is -2.53. The first-order chi connectivity index (χ1) is 26.6. The van der Waals surface area contributed by atoms with Gasteiger partial charge in [-0.25, -0.2) is 8.42 Å². The smallest absolute Gasteiger partial charge is 0.243 e. The van der Waals surface area contributed by atoms with E-state index in [9.17, 15) is 13.2 Å². The van der Waals surface area contributed by atoms with Gasteiger partial charge in [-0.05, 0) is 74.6 Å². The van der Waals surface area contributed by atoms with Crippen LogP contribution in [0.15, 0.2) is 71.6 Å². The summed E-state index contributed by atoms with van der Waals surface area (Å²) in [5.74, 6) is 0.915. The third-order valence-corrected chi connectivity index (χ3v) is 12.6. The van der Waals surface area contributed by atoms with Gasteiger partial charge < -0.3 is 33.5 Å². The fourth-order valence-corrected chi connectivity index (χ4v) is 9.23. The topological polar surface area (TPSA) is 107 Å². The quantitative estimate of drug-likeness (QED) is 0.120. The third kappa shape index (κ3) is 11.3. The number of hydrogen-bond acceptors (Lipinski definition) is 9. The summed E-state index contributed by atoms with van der Waals surface area (Å²) in [4.78, 5) is 18.0. The summed E-state index contributed by atoms with van der Waals surface area (Å²) in [6, 6.07) is 20.8. The largest absolute Gasteiger partial charge is 0.490 e. The summed E-state index contributed by atoms with van der Waals surface area (Å²) in [6.45, 7) is 14.1. The van der Waals surface area contributed by atoms with Crippen LogP contribution in [0.2, 0.25) is 0 Å². The van der Waals surface area contributed by atoms with Crippen molar-refractivity contribution in [2.45, 2.75) is 83.1 Å². The van der Waals surface area contributed by atoms with Crippen molar-refractivity contribution in [2.75, 3.05) is 78.3 Å². The van der Waals surface area contributed by atoms with Crippen LogP contribution in [0.3, 0.4) is 0 Å². The molecule has 0 saturated carbocycles. The molecule has 0 N–H and O–H groups in total. The molecule has 2 aliphatic heterocycles. The molecule has 2 heterocycles. The number of rotatable bonds is 20. The van der Waals surface area contributed by atoms with E-state index < -0.39 is 22.2 Å². The zero-order chi connectivity index (χ0) is 39.4. The number of amides is 1. The molecule has 1 amide bonds. The van der Waals surface area contributed by atoms with Crippen molar-refractivity contribution in [2.24, 2.45) is 5.92 Å². The van der Waals surface area contributed by atoms with Crippen molar-refractivity contribution in [3.63, 3.8) is 0 Å². The van der Waals surface area contributed by atoms with Crippen LogP contribution >= 0.6 is 0 Å². The molecule has 1 fully saturated rings. The Bertz CT molecular complexity index is 1750. The van der Waals surface area contributed by atoms with Gasteiger partial charge in [0.2, 0.25) is 15.9 Å². The first-order valence-corrected chi connectivity index (χ1v) is 21.1. The maximum absolute atomic E-state index is 14.5. The second kappa shape index (κ2) is 20.6. The van der Waals surface area contributed by atoms with E-state index in [0.717, 1.165) is 53.2 Å². The zero-order valence-corrected chi connectivity index (χ0v) is 34.4. The van der Waals surface area contributed by atoms with Crippen LogP contribution in [0.4, 0.5) is 5.69 Å². The summed E-state index contributed by atoms with van der Waals surface area (Å²) < 4.78 is 59.8. The van der Waals surface area contributed by atoms with E-state index >= 15 is 0 Å². The van der Waals surface area contributed by atoms with Crippen LogP contribution in [0.25, 0.3) is 0 Å². The Morgan fingerprint density at radius 1 is 0.945 bits per heavy atom. The van der Waals surface area contributed by atoms with Gasteiger partial charge in [0.1, 0.15) is 12.4 Å². The van der Waals surface area contributed by atoms with E-state index in [0.29, 0.717) is 58.5 Å². The van der Waals surface area contributed by atoms with Gasteiger partial charge in [0.15, 0.2) is 0 Å². The molecule has 12 heteroatoms. The van der Waals surface area contributed by atoms with E-state index in [4.69, 9.17) is 23.7 Å². The van der Waals surface area contributed by atoms with E-state index in [-0.39, 0.29) is 36.3 Å². The Hall–Kier alpha value is -3.52. The fourth-order valence-electron chi connectivity index (χ4n) is 7.58. The Morgan fingerprint density at radius 2 is 1.67 bits per heavy atom. The Morgan fingerprint density at radius 3 is 2.36 bits per heavy atom. The number of sulfonamides is 1. The summed E-state index contributed by atoms with van der Waals surface area (Å²) in [7, 11) is -0.558. The molecule has 5 rings (SSSR count). The molecule has 11 nitrogen and oxygen atoms in total. The number of ether oxygens (including phenoxy) is 5. The number of aryl methyl sites for hydroxylation is 1. The fraction of sp³-hybridized carbons (Fsp3) is 0.558. The molecule has 55 heavy (non-hydrogen) atoms. The summed E-state index contributed by atoms with van der Waals surface area (Å²) in [5.41, 5.74) is 5.05. The highest BCUT2D eigenvalue weighted by atomic mass is 32.2. The van der Waals surface area contributed by atoms with Crippen LogP contribution in [0, 0.1) is 12.8 Å². The number of carbonyl (C=O) groups excluding carboxylic acids is 1. The monoisotopic (exact) mass is 779 g/mol. The highest BCUT2D eigenvalue weighted by Gasteiger charge is 2.44. The molecule has 4 atom stereocenters. The van der Waals surface area contributed by atoms with E-state index in [1.807, 2.05) is 45.0 Å². The normalized spacial score (nSPS) is 19.5. The first kappa shape index (κ1) is 42.6. The minimum atomic E-state index is -3.97. The van der Waals surface area contributed by atoms with Crippen LogP contribution in [-0.2, 0) is 47.0 Å². The molecule has 1 saturated heterocycles. The minimum Gasteiger partial charge on any atom is -0.490 e. The average molecular weight is 780 g/mol. The van der Waals surface area contributed by atoms with E-state index in [1.165, 1.54) is 4.31 Å². The van der Waals surface area contributed by atoms with Gasteiger partial charge in [-0.1, -0.05) is 55.0 Å². The molecule has 0 unspecified atom stereocenters. The average Bonchev–Trinajstić information content (AvgIpc) is 3.18. The van der Waals surface area contributed by atoms with Crippen LogP contribution in [0.1, 0.15) is 68.2 Å². The molecule has 0 bridgehead atoms. The number of carbonyl (C=O) groups is 1. The maximum atomic E-state index is 14.5. The van der Waals surface area contributed by atoms with Gasteiger partial charge in [0.25, 0.3) is 0 Å². The number of piperidine rings is 1.